The van der Waals surface area contributed by atoms with Crippen molar-refractivity contribution in [3.63, 3.8) is 0 Å². The van der Waals surface area contributed by atoms with Gasteiger partial charge in [-0.05, 0) is 112 Å². The first-order valence-corrected chi connectivity index (χ1v) is 19.3. The Morgan fingerprint density at radius 2 is 1.51 bits per heavy atom. The van der Waals surface area contributed by atoms with Gasteiger partial charge in [-0.25, -0.2) is 0 Å². The first-order chi connectivity index (χ1) is 26.0. The van der Waals surface area contributed by atoms with E-state index < -0.39 is 0 Å². The molecule has 0 bridgehead atoms. The van der Waals surface area contributed by atoms with Crippen LogP contribution >= 0.6 is 0 Å². The van der Waals surface area contributed by atoms with Crippen molar-refractivity contribution in [1.82, 2.24) is 4.57 Å². The van der Waals surface area contributed by atoms with Crippen LogP contribution < -0.4 is 0 Å². The average Bonchev–Trinajstić information content (AvgIpc) is 3.83. The summed E-state index contributed by atoms with van der Waals surface area (Å²) >= 11 is 0. The van der Waals surface area contributed by atoms with Gasteiger partial charge in [0.15, 0.2) is 0 Å². The fourth-order valence-electron chi connectivity index (χ4n) is 9.92. The van der Waals surface area contributed by atoms with E-state index in [0.717, 1.165) is 25.0 Å². The summed E-state index contributed by atoms with van der Waals surface area (Å²) in [4.78, 5) is 0. The second-order valence-corrected chi connectivity index (χ2v) is 15.9. The highest BCUT2D eigenvalue weighted by Gasteiger charge is 2.41. The lowest BCUT2D eigenvalue weighted by molar-refractivity contribution is 0.176. The summed E-state index contributed by atoms with van der Waals surface area (Å²) in [5, 5.41) is 2.60. The van der Waals surface area contributed by atoms with Crippen molar-refractivity contribution < 1.29 is 4.74 Å². The van der Waals surface area contributed by atoms with E-state index in [1.54, 1.807) is 0 Å². The third kappa shape index (κ3) is 4.64. The zero-order valence-electron chi connectivity index (χ0n) is 30.2. The third-order valence-corrected chi connectivity index (χ3v) is 12.6. The van der Waals surface area contributed by atoms with E-state index >= 15 is 0 Å². The lowest BCUT2D eigenvalue weighted by atomic mass is 9.76. The van der Waals surface area contributed by atoms with Gasteiger partial charge in [0.05, 0.1) is 11.0 Å². The molecule has 4 aliphatic carbocycles. The molecule has 6 aromatic rings. The van der Waals surface area contributed by atoms with Crippen LogP contribution in [0, 0.1) is 5.92 Å². The minimum atomic E-state index is -0.0951. The molecule has 0 amide bonds. The van der Waals surface area contributed by atoms with Crippen molar-refractivity contribution >= 4 is 33.0 Å². The molecular weight excluding hydrogens is 643 g/mol. The number of fused-ring (bicyclic) bond motifs is 8. The van der Waals surface area contributed by atoms with Crippen molar-refractivity contribution in [2.75, 3.05) is 0 Å². The van der Waals surface area contributed by atoms with E-state index in [4.69, 9.17) is 4.74 Å². The number of nitrogens with zero attached hydrogens (tertiary/aromatic N) is 1. The van der Waals surface area contributed by atoms with E-state index in [1.165, 1.54) is 83.2 Å². The summed E-state index contributed by atoms with van der Waals surface area (Å²) < 4.78 is 9.06. The standard InChI is InChI=1S/C51H41NO/c1-51(2)45-30-35(22-25-39(45)40-26-23-36(31-46(40)51)38-18-11-19-43-42-17-7-9-21-49(42)53-50(38)43)34-24-27-48-44(29-34)41-16-6-8-20-47(41)52(48)37-15-10-14-33(28-37)32-12-4-3-5-13-32/h3-10,12-18,20-21,23-31,35,42,49H,11,19,22H2,1-2H3. The van der Waals surface area contributed by atoms with Crippen LogP contribution in [-0.2, 0) is 10.2 Å². The molecule has 0 fully saturated rings. The molecule has 0 saturated heterocycles. The number of ether oxygens (including phenoxy) is 1. The first-order valence-electron chi connectivity index (χ1n) is 19.3. The Hall–Kier alpha value is -5.86. The predicted octanol–water partition coefficient (Wildman–Crippen LogP) is 12.8. The molecule has 2 heteroatoms. The van der Waals surface area contributed by atoms with E-state index in [9.17, 15) is 0 Å². The van der Waals surface area contributed by atoms with E-state index in [2.05, 4.69) is 176 Å². The summed E-state index contributed by atoms with van der Waals surface area (Å²) in [6.45, 7) is 4.84. The largest absolute Gasteiger partial charge is 0.485 e. The minimum Gasteiger partial charge on any atom is -0.485 e. The molecule has 11 rings (SSSR count). The van der Waals surface area contributed by atoms with Gasteiger partial charge in [-0.15, -0.1) is 0 Å². The fourth-order valence-corrected chi connectivity index (χ4v) is 9.92. The second kappa shape index (κ2) is 11.6. The van der Waals surface area contributed by atoms with E-state index in [-0.39, 0.29) is 11.5 Å². The number of hydrogen-bond donors (Lipinski definition) is 0. The molecular formula is C51H41NO. The number of aromatic nitrogens is 1. The highest BCUT2D eigenvalue weighted by molar-refractivity contribution is 6.09. The van der Waals surface area contributed by atoms with Crippen LogP contribution in [0.25, 0.3) is 49.8 Å². The van der Waals surface area contributed by atoms with Gasteiger partial charge in [0, 0.05) is 39.3 Å². The number of allylic oxidation sites excluding steroid dienone is 8. The van der Waals surface area contributed by atoms with Gasteiger partial charge in [-0.2, -0.15) is 0 Å². The highest BCUT2D eigenvalue weighted by atomic mass is 16.5. The lowest BCUT2D eigenvalue weighted by Crippen LogP contribution is -2.17. The number of rotatable bonds is 4. The maximum absolute atomic E-state index is 6.62. The highest BCUT2D eigenvalue weighted by Crippen LogP contribution is 2.54. The van der Waals surface area contributed by atoms with Gasteiger partial charge in [0.1, 0.15) is 11.9 Å². The van der Waals surface area contributed by atoms with Crippen LogP contribution in [0.5, 0.6) is 0 Å². The molecule has 0 N–H and O–H groups in total. The van der Waals surface area contributed by atoms with Gasteiger partial charge in [0.2, 0.25) is 0 Å². The Labute approximate surface area is 311 Å². The topological polar surface area (TPSA) is 14.2 Å². The molecule has 3 atom stereocenters. The molecule has 2 nitrogen and oxygen atoms in total. The van der Waals surface area contributed by atoms with Gasteiger partial charge in [0.25, 0.3) is 0 Å². The van der Waals surface area contributed by atoms with Crippen LogP contribution in [0.3, 0.4) is 0 Å². The quantitative estimate of drug-likeness (QED) is 0.180. The second-order valence-electron chi connectivity index (χ2n) is 15.9. The minimum absolute atomic E-state index is 0.0951. The molecule has 53 heavy (non-hydrogen) atoms. The van der Waals surface area contributed by atoms with Crippen molar-refractivity contribution in [1.29, 1.82) is 0 Å². The summed E-state index contributed by atoms with van der Waals surface area (Å²) in [7, 11) is 0. The number of benzene rings is 5. The first kappa shape index (κ1) is 30.7. The zero-order chi connectivity index (χ0) is 35.3. The Balaban J connectivity index is 0.951. The number of hydrogen-bond acceptors (Lipinski definition) is 1. The monoisotopic (exact) mass is 683 g/mol. The summed E-state index contributed by atoms with van der Waals surface area (Å²) in [6.07, 6.45) is 19.6. The molecule has 1 aliphatic heterocycles. The molecule has 5 aromatic carbocycles. The van der Waals surface area contributed by atoms with E-state index in [0.29, 0.717) is 11.8 Å². The van der Waals surface area contributed by atoms with Crippen molar-refractivity contribution in [2.24, 2.45) is 5.92 Å². The Morgan fingerprint density at radius 3 is 2.43 bits per heavy atom. The normalized spacial score (nSPS) is 22.2. The van der Waals surface area contributed by atoms with Crippen LogP contribution in [-0.4, -0.2) is 10.7 Å². The molecule has 2 heterocycles. The third-order valence-electron chi connectivity index (χ3n) is 12.6. The van der Waals surface area contributed by atoms with E-state index in [1.807, 2.05) is 0 Å². The molecule has 0 radical (unpaired) electrons. The Kier molecular flexibility index (Phi) is 6.71. The smallest absolute Gasteiger partial charge is 0.127 e. The van der Waals surface area contributed by atoms with Gasteiger partial charge < -0.3 is 9.30 Å². The van der Waals surface area contributed by atoms with Crippen LogP contribution in [0.2, 0.25) is 0 Å². The molecule has 0 spiro atoms. The number of para-hydroxylation sites is 1. The molecule has 256 valence electrons. The van der Waals surface area contributed by atoms with Crippen molar-refractivity contribution in [2.45, 2.75) is 50.5 Å². The summed E-state index contributed by atoms with van der Waals surface area (Å²) in [5.74, 6) is 1.82. The summed E-state index contributed by atoms with van der Waals surface area (Å²) in [5.41, 5.74) is 17.1. The maximum Gasteiger partial charge on any atom is 0.127 e. The molecule has 1 aromatic heterocycles. The van der Waals surface area contributed by atoms with Crippen molar-refractivity contribution in [3.8, 4) is 16.8 Å². The molecule has 0 saturated carbocycles. The SMILES string of the molecule is CC1(C)C2=CC(c3ccc4c(c3)c3ccccc3n4-c3cccc(-c4ccccc4)c3)CC=C2c2ccc(C3=CCCC4=C3OC3C=CC=CC43)cc21. The average molecular weight is 684 g/mol. The zero-order valence-corrected chi connectivity index (χ0v) is 30.2. The Bertz CT molecular complexity index is 2710. The lowest BCUT2D eigenvalue weighted by Gasteiger charge is -2.27. The van der Waals surface area contributed by atoms with Crippen LogP contribution in [0.15, 0.2) is 175 Å². The van der Waals surface area contributed by atoms with Gasteiger partial charge in [-0.3, -0.25) is 0 Å². The fraction of sp³-hybridized carbons (Fsp3) is 0.176. The maximum atomic E-state index is 6.62. The van der Waals surface area contributed by atoms with Crippen LogP contribution in [0.4, 0.5) is 0 Å². The Morgan fingerprint density at radius 1 is 0.679 bits per heavy atom. The predicted molar refractivity (Wildman–Crippen MR) is 220 cm³/mol. The van der Waals surface area contributed by atoms with Gasteiger partial charge in [-0.1, -0.05) is 129 Å². The van der Waals surface area contributed by atoms with Crippen LogP contribution in [0.1, 0.15) is 61.3 Å². The molecule has 5 aliphatic rings. The summed E-state index contributed by atoms with van der Waals surface area (Å²) in [6, 6.07) is 42.9. The van der Waals surface area contributed by atoms with Crippen molar-refractivity contribution in [3.05, 3.63) is 197 Å². The molecule has 3 unspecified atom stereocenters. The van der Waals surface area contributed by atoms with Gasteiger partial charge >= 0.3 is 0 Å².